The molecular formula is C51H30N4OS. The number of rotatable bonds is 5. The van der Waals surface area contributed by atoms with Gasteiger partial charge in [0.2, 0.25) is 0 Å². The van der Waals surface area contributed by atoms with Crippen LogP contribution in [0.3, 0.4) is 0 Å². The van der Waals surface area contributed by atoms with Gasteiger partial charge in [-0.05, 0) is 65.7 Å². The fourth-order valence-electron chi connectivity index (χ4n) is 8.39. The number of fused-ring (bicyclic) bond motifs is 9. The molecule has 0 N–H and O–H groups in total. The molecule has 0 saturated heterocycles. The maximum absolute atomic E-state index is 6.48. The highest BCUT2D eigenvalue weighted by molar-refractivity contribution is 7.26. The monoisotopic (exact) mass is 746 g/mol. The topological polar surface area (TPSA) is 56.7 Å². The van der Waals surface area contributed by atoms with Crippen molar-refractivity contribution in [2.24, 2.45) is 0 Å². The van der Waals surface area contributed by atoms with Crippen LogP contribution < -0.4 is 0 Å². The summed E-state index contributed by atoms with van der Waals surface area (Å²) in [6.45, 7) is 0. The van der Waals surface area contributed by atoms with E-state index in [1.54, 1.807) is 0 Å². The van der Waals surface area contributed by atoms with E-state index in [-0.39, 0.29) is 0 Å². The van der Waals surface area contributed by atoms with Crippen molar-refractivity contribution in [2.45, 2.75) is 0 Å². The Morgan fingerprint density at radius 3 is 1.65 bits per heavy atom. The van der Waals surface area contributed by atoms with Crippen molar-refractivity contribution >= 4 is 75.3 Å². The minimum absolute atomic E-state index is 0.601. The van der Waals surface area contributed by atoms with E-state index in [0.717, 1.165) is 44.2 Å². The zero-order chi connectivity index (χ0) is 37.5. The Morgan fingerprint density at radius 2 is 0.947 bits per heavy atom. The number of nitrogens with zero attached hydrogens (tertiary/aromatic N) is 4. The summed E-state index contributed by atoms with van der Waals surface area (Å²) in [5.74, 6) is 1.86. The smallest absolute Gasteiger partial charge is 0.164 e. The number of furan rings is 1. The summed E-state index contributed by atoms with van der Waals surface area (Å²) >= 11 is 1.85. The summed E-state index contributed by atoms with van der Waals surface area (Å²) in [6, 6.07) is 63.9. The molecule has 0 aliphatic carbocycles. The summed E-state index contributed by atoms with van der Waals surface area (Å²) < 4.78 is 11.5. The zero-order valence-electron chi connectivity index (χ0n) is 30.4. The Balaban J connectivity index is 0.949. The third-order valence-electron chi connectivity index (χ3n) is 11.1. The second kappa shape index (κ2) is 12.6. The van der Waals surface area contributed by atoms with Crippen molar-refractivity contribution in [1.29, 1.82) is 0 Å². The SMILES string of the molecule is c1ccc(-c2nc(-c3ccccc3)nc(-c3ccc4c(c3)oc3ccc(-c5ccc6c(c5)sc5cccc(-n7c8ccccc8c8ccccc87)c56)cc34)n2)cc1. The van der Waals surface area contributed by atoms with Crippen LogP contribution in [-0.4, -0.2) is 19.5 Å². The molecule has 57 heavy (non-hydrogen) atoms. The molecule has 0 unspecified atom stereocenters. The van der Waals surface area contributed by atoms with Crippen LogP contribution in [0.5, 0.6) is 0 Å². The predicted molar refractivity (Wildman–Crippen MR) is 236 cm³/mol. The van der Waals surface area contributed by atoms with Crippen LogP contribution in [0.25, 0.3) is 115 Å². The van der Waals surface area contributed by atoms with Gasteiger partial charge < -0.3 is 8.98 Å². The molecule has 5 nitrogen and oxygen atoms in total. The molecule has 12 rings (SSSR count). The van der Waals surface area contributed by atoms with Crippen LogP contribution >= 0.6 is 11.3 Å². The predicted octanol–water partition coefficient (Wildman–Crippen LogP) is 13.9. The van der Waals surface area contributed by atoms with Crippen LogP contribution in [0.4, 0.5) is 0 Å². The van der Waals surface area contributed by atoms with E-state index in [1.807, 2.05) is 78.1 Å². The van der Waals surface area contributed by atoms with Gasteiger partial charge in [-0.1, -0.05) is 127 Å². The van der Waals surface area contributed by atoms with Gasteiger partial charge in [0.25, 0.3) is 0 Å². The first-order valence-corrected chi connectivity index (χ1v) is 19.8. The van der Waals surface area contributed by atoms with Crippen LogP contribution in [0.15, 0.2) is 186 Å². The number of thiophene rings is 1. The first-order valence-electron chi connectivity index (χ1n) is 19.0. The lowest BCUT2D eigenvalue weighted by Crippen LogP contribution is -2.00. The number of hydrogen-bond donors (Lipinski definition) is 0. The van der Waals surface area contributed by atoms with E-state index in [1.165, 1.54) is 53.2 Å². The van der Waals surface area contributed by atoms with Gasteiger partial charge in [-0.25, -0.2) is 15.0 Å². The summed E-state index contributed by atoms with van der Waals surface area (Å²) in [5, 5.41) is 7.21. The summed E-state index contributed by atoms with van der Waals surface area (Å²) in [5.41, 5.74) is 10.3. The lowest BCUT2D eigenvalue weighted by molar-refractivity contribution is 0.669. The van der Waals surface area contributed by atoms with Crippen LogP contribution in [0, 0.1) is 0 Å². The fourth-order valence-corrected chi connectivity index (χ4v) is 9.55. The summed E-state index contributed by atoms with van der Waals surface area (Å²) in [4.78, 5) is 14.7. The first-order chi connectivity index (χ1) is 28.2. The molecule has 4 heterocycles. The molecule has 0 bridgehead atoms. The van der Waals surface area contributed by atoms with Crippen molar-refractivity contribution in [3.05, 3.63) is 182 Å². The van der Waals surface area contributed by atoms with E-state index in [9.17, 15) is 0 Å². The van der Waals surface area contributed by atoms with Gasteiger partial charge >= 0.3 is 0 Å². The Labute approximate surface area is 330 Å². The highest BCUT2D eigenvalue weighted by Gasteiger charge is 2.18. The molecule has 0 aliphatic rings. The fraction of sp³-hybridized carbons (Fsp3) is 0. The molecule has 0 atom stereocenters. The summed E-state index contributed by atoms with van der Waals surface area (Å²) in [6.07, 6.45) is 0. The van der Waals surface area contributed by atoms with Gasteiger partial charge in [0.1, 0.15) is 11.2 Å². The number of aromatic nitrogens is 4. The van der Waals surface area contributed by atoms with E-state index < -0.39 is 0 Å². The second-order valence-electron chi connectivity index (χ2n) is 14.4. The molecule has 0 aliphatic heterocycles. The molecular weight excluding hydrogens is 717 g/mol. The Hall–Kier alpha value is -7.41. The van der Waals surface area contributed by atoms with Gasteiger partial charge in [-0.3, -0.25) is 0 Å². The van der Waals surface area contributed by atoms with Crippen molar-refractivity contribution < 1.29 is 4.42 Å². The minimum atomic E-state index is 0.601. The van der Waals surface area contributed by atoms with Crippen molar-refractivity contribution in [3.63, 3.8) is 0 Å². The largest absolute Gasteiger partial charge is 0.456 e. The lowest BCUT2D eigenvalue weighted by Gasteiger charge is -2.10. The normalized spacial score (nSPS) is 11.9. The van der Waals surface area contributed by atoms with Gasteiger partial charge in [0.15, 0.2) is 17.5 Å². The van der Waals surface area contributed by atoms with Crippen molar-refractivity contribution in [1.82, 2.24) is 19.5 Å². The van der Waals surface area contributed by atoms with E-state index >= 15 is 0 Å². The molecule has 266 valence electrons. The average molecular weight is 747 g/mol. The third kappa shape index (κ3) is 5.12. The quantitative estimate of drug-likeness (QED) is 0.176. The first kappa shape index (κ1) is 31.9. The molecule has 0 amide bonds. The van der Waals surface area contributed by atoms with Gasteiger partial charge in [-0.15, -0.1) is 11.3 Å². The number of hydrogen-bond acceptors (Lipinski definition) is 5. The van der Waals surface area contributed by atoms with Gasteiger partial charge in [0, 0.05) is 58.4 Å². The third-order valence-corrected chi connectivity index (χ3v) is 12.2. The summed E-state index contributed by atoms with van der Waals surface area (Å²) in [7, 11) is 0. The molecule has 0 fully saturated rings. The van der Waals surface area contributed by atoms with E-state index in [2.05, 4.69) is 120 Å². The van der Waals surface area contributed by atoms with Crippen LogP contribution in [-0.2, 0) is 0 Å². The maximum atomic E-state index is 6.48. The zero-order valence-corrected chi connectivity index (χ0v) is 31.2. The van der Waals surface area contributed by atoms with Crippen molar-refractivity contribution in [3.8, 4) is 51.0 Å². The van der Waals surface area contributed by atoms with Gasteiger partial charge in [-0.2, -0.15) is 0 Å². The lowest BCUT2D eigenvalue weighted by atomic mass is 10.0. The molecule has 12 aromatic rings. The highest BCUT2D eigenvalue weighted by Crippen LogP contribution is 2.43. The molecule has 0 radical (unpaired) electrons. The molecule has 0 spiro atoms. The van der Waals surface area contributed by atoms with E-state index in [4.69, 9.17) is 19.4 Å². The van der Waals surface area contributed by atoms with Crippen LogP contribution in [0.1, 0.15) is 0 Å². The standard InChI is InChI=1S/C51H30N4OS/c1-3-12-31(13-4-1)49-52-50(32-14-5-2-6-15-32)54-51(53-49)35-23-25-38-40-28-33(24-27-44(40)56-45(38)29-35)34-22-26-39-47(30-34)57-46-21-11-20-43(48(39)46)55-41-18-9-7-16-36(41)37-17-8-10-19-42(37)55/h1-30H. The molecule has 4 aromatic heterocycles. The average Bonchev–Trinajstić information content (AvgIpc) is 3.95. The molecule has 6 heteroatoms. The number of benzene rings is 8. The minimum Gasteiger partial charge on any atom is -0.456 e. The van der Waals surface area contributed by atoms with Crippen LogP contribution in [0.2, 0.25) is 0 Å². The molecule has 0 saturated carbocycles. The highest BCUT2D eigenvalue weighted by atomic mass is 32.1. The second-order valence-corrected chi connectivity index (χ2v) is 15.5. The Morgan fingerprint density at radius 1 is 0.368 bits per heavy atom. The van der Waals surface area contributed by atoms with Crippen molar-refractivity contribution in [2.75, 3.05) is 0 Å². The van der Waals surface area contributed by atoms with E-state index in [0.29, 0.717) is 17.5 Å². The Bertz CT molecular complexity index is 3420. The molecule has 8 aromatic carbocycles. The number of para-hydroxylation sites is 2. The maximum Gasteiger partial charge on any atom is 0.164 e. The van der Waals surface area contributed by atoms with Gasteiger partial charge in [0.05, 0.1) is 16.7 Å². The Kier molecular flexibility index (Phi) is 7.03.